The largest absolute Gasteiger partial charge is 0.307 e. The smallest absolute Gasteiger partial charge is 0.153 e. The maximum Gasteiger partial charge on any atom is 0.153 e. The van der Waals surface area contributed by atoms with Crippen LogP contribution < -0.4 is 4.90 Å². The van der Waals surface area contributed by atoms with Crippen LogP contribution in [0.2, 0.25) is 0 Å². The number of hydrogen-bond acceptors (Lipinski definition) is 4. The van der Waals surface area contributed by atoms with Crippen molar-refractivity contribution in [1.29, 1.82) is 0 Å². The van der Waals surface area contributed by atoms with E-state index in [2.05, 4.69) is 104 Å². The molecule has 0 unspecified atom stereocenters. The second kappa shape index (κ2) is 9.90. The van der Waals surface area contributed by atoms with E-state index in [1.807, 2.05) is 59.7 Å². The Morgan fingerprint density at radius 1 is 0.632 bits per heavy atom. The monoisotopic (exact) mass is 501 g/mol. The van der Waals surface area contributed by atoms with Crippen LogP contribution in [0.5, 0.6) is 0 Å². The minimum Gasteiger partial charge on any atom is -0.307 e. The molecule has 0 spiro atoms. The van der Waals surface area contributed by atoms with E-state index in [9.17, 15) is 0 Å². The van der Waals surface area contributed by atoms with E-state index >= 15 is 0 Å². The molecule has 3 heterocycles. The van der Waals surface area contributed by atoms with Crippen LogP contribution in [0.1, 0.15) is 52.7 Å². The third-order valence-electron chi connectivity index (χ3n) is 6.68. The predicted molar refractivity (Wildman–Crippen MR) is 157 cm³/mol. The SMILES string of the molecule is CC(C)(C)c1cc(N(c2cccc(-c3ccccn3)c2)c2cnn(-c3ccccn3)c2)cc(C(C)(C)C)c1. The molecule has 0 aliphatic carbocycles. The minimum absolute atomic E-state index is 0.00434. The second-order valence-electron chi connectivity index (χ2n) is 11.7. The van der Waals surface area contributed by atoms with Gasteiger partial charge < -0.3 is 4.90 Å². The highest BCUT2D eigenvalue weighted by molar-refractivity contribution is 5.79. The number of rotatable bonds is 5. The van der Waals surface area contributed by atoms with Gasteiger partial charge in [0.25, 0.3) is 0 Å². The lowest BCUT2D eigenvalue weighted by molar-refractivity contribution is 0.569. The summed E-state index contributed by atoms with van der Waals surface area (Å²) in [6.45, 7) is 13.6. The fourth-order valence-corrected chi connectivity index (χ4v) is 4.43. The molecule has 0 radical (unpaired) electrons. The van der Waals surface area contributed by atoms with Gasteiger partial charge in [-0.3, -0.25) is 4.98 Å². The van der Waals surface area contributed by atoms with Crippen molar-refractivity contribution in [1.82, 2.24) is 19.7 Å². The quantitative estimate of drug-likeness (QED) is 0.243. The summed E-state index contributed by atoms with van der Waals surface area (Å²) in [5, 5.41) is 4.68. The summed E-state index contributed by atoms with van der Waals surface area (Å²) in [7, 11) is 0. The lowest BCUT2D eigenvalue weighted by Gasteiger charge is -2.30. The van der Waals surface area contributed by atoms with Crippen LogP contribution in [-0.2, 0) is 10.8 Å². The van der Waals surface area contributed by atoms with Crippen molar-refractivity contribution in [3.8, 4) is 17.1 Å². The van der Waals surface area contributed by atoms with Gasteiger partial charge in [0.05, 0.1) is 23.8 Å². The van der Waals surface area contributed by atoms with Gasteiger partial charge in [-0.2, -0.15) is 5.10 Å². The predicted octanol–water partition coefficient (Wildman–Crippen LogP) is 8.39. The van der Waals surface area contributed by atoms with Gasteiger partial charge in [0.1, 0.15) is 0 Å². The molecule has 2 aromatic carbocycles. The molecule has 0 bridgehead atoms. The van der Waals surface area contributed by atoms with Crippen molar-refractivity contribution in [3.63, 3.8) is 0 Å². The summed E-state index contributed by atoms with van der Waals surface area (Å²) in [5.41, 5.74) is 7.68. The van der Waals surface area contributed by atoms with Gasteiger partial charge in [0, 0.05) is 29.3 Å². The molecule has 192 valence electrons. The highest BCUT2D eigenvalue weighted by atomic mass is 15.3. The maximum absolute atomic E-state index is 4.68. The number of anilines is 3. The lowest BCUT2D eigenvalue weighted by Crippen LogP contribution is -2.19. The molecule has 0 amide bonds. The Kier molecular flexibility index (Phi) is 6.62. The van der Waals surface area contributed by atoms with Crippen LogP contribution in [0, 0.1) is 0 Å². The fourth-order valence-electron chi connectivity index (χ4n) is 4.43. The van der Waals surface area contributed by atoms with Crippen molar-refractivity contribution >= 4 is 17.1 Å². The molecule has 5 rings (SSSR count). The Morgan fingerprint density at radius 3 is 1.92 bits per heavy atom. The first-order chi connectivity index (χ1) is 18.1. The van der Waals surface area contributed by atoms with E-state index in [1.165, 1.54) is 11.1 Å². The summed E-state index contributed by atoms with van der Waals surface area (Å²) in [6, 6.07) is 27.3. The van der Waals surface area contributed by atoms with Crippen LogP contribution in [0.4, 0.5) is 17.1 Å². The number of pyridine rings is 2. The highest BCUT2D eigenvalue weighted by Gasteiger charge is 2.24. The van der Waals surface area contributed by atoms with Gasteiger partial charge in [-0.15, -0.1) is 0 Å². The first-order valence-corrected chi connectivity index (χ1v) is 13.0. The molecule has 0 atom stereocenters. The topological polar surface area (TPSA) is 46.8 Å². The van der Waals surface area contributed by atoms with Gasteiger partial charge in [-0.25, -0.2) is 9.67 Å². The zero-order valence-corrected chi connectivity index (χ0v) is 23.1. The molecule has 38 heavy (non-hydrogen) atoms. The molecular weight excluding hydrogens is 466 g/mol. The van der Waals surface area contributed by atoms with Crippen LogP contribution in [-0.4, -0.2) is 19.7 Å². The van der Waals surface area contributed by atoms with Crippen molar-refractivity contribution in [2.45, 2.75) is 52.4 Å². The Balaban J connectivity index is 1.72. The van der Waals surface area contributed by atoms with Crippen molar-refractivity contribution in [2.75, 3.05) is 4.90 Å². The first kappa shape index (κ1) is 25.4. The minimum atomic E-state index is -0.00434. The maximum atomic E-state index is 4.68. The van der Waals surface area contributed by atoms with Crippen LogP contribution in [0.15, 0.2) is 104 Å². The molecule has 5 aromatic rings. The summed E-state index contributed by atoms with van der Waals surface area (Å²) < 4.78 is 1.82. The number of benzene rings is 2. The van der Waals surface area contributed by atoms with Crippen LogP contribution in [0.25, 0.3) is 17.1 Å². The summed E-state index contributed by atoms with van der Waals surface area (Å²) in [6.07, 6.45) is 7.56. The van der Waals surface area contributed by atoms with E-state index < -0.39 is 0 Å². The molecule has 0 aliphatic heterocycles. The van der Waals surface area contributed by atoms with E-state index in [1.54, 1.807) is 6.20 Å². The zero-order valence-electron chi connectivity index (χ0n) is 23.1. The van der Waals surface area contributed by atoms with E-state index in [0.29, 0.717) is 0 Å². The molecule has 0 fully saturated rings. The average molecular weight is 502 g/mol. The molecule has 3 aromatic heterocycles. The Hall–Kier alpha value is -4.25. The standard InChI is InChI=1S/C33H35N5/c1-32(2,3)25-19-26(33(4,5)6)21-28(20-25)38(29-22-36-37(23-29)31-15-8-10-17-35-31)27-13-11-12-24(18-27)30-14-7-9-16-34-30/h7-23H,1-6H3. The average Bonchev–Trinajstić information content (AvgIpc) is 3.39. The zero-order chi connectivity index (χ0) is 26.9. The fraction of sp³-hybridized carbons (Fsp3) is 0.242. The van der Waals surface area contributed by atoms with Crippen LogP contribution in [0.3, 0.4) is 0 Å². The van der Waals surface area contributed by atoms with Gasteiger partial charge in [-0.1, -0.05) is 71.9 Å². The summed E-state index contributed by atoms with van der Waals surface area (Å²) in [4.78, 5) is 11.4. The van der Waals surface area contributed by atoms with Gasteiger partial charge in [0.15, 0.2) is 5.82 Å². The van der Waals surface area contributed by atoms with E-state index in [0.717, 1.165) is 34.1 Å². The molecule has 0 saturated heterocycles. The first-order valence-electron chi connectivity index (χ1n) is 13.0. The van der Waals surface area contributed by atoms with E-state index in [-0.39, 0.29) is 10.8 Å². The van der Waals surface area contributed by atoms with Gasteiger partial charge >= 0.3 is 0 Å². The molecule has 0 saturated carbocycles. The molecule has 5 nitrogen and oxygen atoms in total. The number of aromatic nitrogens is 4. The number of nitrogens with zero attached hydrogens (tertiary/aromatic N) is 5. The molecule has 5 heteroatoms. The third kappa shape index (κ3) is 5.37. The van der Waals surface area contributed by atoms with Crippen molar-refractivity contribution < 1.29 is 0 Å². The Labute approximate surface area is 225 Å². The molecule has 0 aliphatic rings. The van der Waals surface area contributed by atoms with E-state index in [4.69, 9.17) is 0 Å². The molecule has 0 N–H and O–H groups in total. The summed E-state index contributed by atoms with van der Waals surface area (Å²) in [5.74, 6) is 0.778. The van der Waals surface area contributed by atoms with Crippen LogP contribution >= 0.6 is 0 Å². The Morgan fingerprint density at radius 2 is 1.32 bits per heavy atom. The normalized spacial score (nSPS) is 11.9. The highest BCUT2D eigenvalue weighted by Crippen LogP contribution is 2.40. The lowest BCUT2D eigenvalue weighted by atomic mass is 9.80. The van der Waals surface area contributed by atoms with Crippen molar-refractivity contribution in [3.05, 3.63) is 115 Å². The molecular formula is C33H35N5. The summed E-state index contributed by atoms with van der Waals surface area (Å²) >= 11 is 0. The third-order valence-corrected chi connectivity index (χ3v) is 6.68. The van der Waals surface area contributed by atoms with Crippen molar-refractivity contribution in [2.24, 2.45) is 0 Å². The van der Waals surface area contributed by atoms with Gasteiger partial charge in [-0.05, 0) is 70.5 Å². The van der Waals surface area contributed by atoms with Gasteiger partial charge in [0.2, 0.25) is 0 Å². The Bertz CT molecular complexity index is 1490. The second-order valence-corrected chi connectivity index (χ2v) is 11.7. The number of hydrogen-bond donors (Lipinski definition) is 0.